The minimum Gasteiger partial charge on any atom is -0.461 e. The number of aryl methyl sites for hydroxylation is 2. The number of hydrogen-bond acceptors (Lipinski definition) is 5. The van der Waals surface area contributed by atoms with Crippen molar-refractivity contribution in [1.29, 1.82) is 0 Å². The first-order valence-electron chi connectivity index (χ1n) is 8.89. The second-order valence-electron chi connectivity index (χ2n) is 6.51. The number of carbonyl (C=O) groups is 1. The van der Waals surface area contributed by atoms with Crippen LogP contribution in [0.25, 0.3) is 22.7 Å². The quantitative estimate of drug-likeness (QED) is 0.574. The van der Waals surface area contributed by atoms with Crippen molar-refractivity contribution in [2.24, 2.45) is 0 Å². The minimum absolute atomic E-state index is 0.0373. The average Bonchev–Trinajstić information content (AvgIpc) is 3.32. The third-order valence-corrected chi connectivity index (χ3v) is 4.25. The van der Waals surface area contributed by atoms with Gasteiger partial charge in [0.25, 0.3) is 0 Å². The molecule has 0 aliphatic heterocycles. The van der Waals surface area contributed by atoms with Crippen molar-refractivity contribution in [1.82, 2.24) is 20.2 Å². The van der Waals surface area contributed by atoms with Gasteiger partial charge in [0.15, 0.2) is 0 Å². The summed E-state index contributed by atoms with van der Waals surface area (Å²) in [6.45, 7) is 3.86. The predicted molar refractivity (Wildman–Crippen MR) is 106 cm³/mol. The summed E-state index contributed by atoms with van der Waals surface area (Å²) in [5.74, 6) is 1.75. The van der Waals surface area contributed by atoms with Crippen molar-refractivity contribution in [2.75, 3.05) is 5.32 Å². The molecule has 140 valence electrons. The molecule has 0 atom stereocenters. The zero-order chi connectivity index (χ0) is 19.5. The summed E-state index contributed by atoms with van der Waals surface area (Å²) in [5.41, 5.74) is 3.49. The first kappa shape index (κ1) is 17.7. The molecule has 0 aliphatic carbocycles. The fourth-order valence-corrected chi connectivity index (χ4v) is 2.83. The van der Waals surface area contributed by atoms with E-state index in [0.717, 1.165) is 22.5 Å². The molecule has 0 radical (unpaired) electrons. The topological polar surface area (TPSA) is 85.8 Å². The molecule has 0 bridgehead atoms. The number of nitrogens with zero attached hydrogens (tertiary/aromatic N) is 4. The SMILES string of the molecule is Cc1ccc(-c2nnn(CC(=O)Nc3ccccc3-c3ccc(C)o3)n2)cc1. The molecule has 0 unspecified atom stereocenters. The Hall–Kier alpha value is -3.74. The van der Waals surface area contributed by atoms with Crippen molar-refractivity contribution < 1.29 is 9.21 Å². The van der Waals surface area contributed by atoms with E-state index >= 15 is 0 Å². The Balaban J connectivity index is 1.48. The molecule has 28 heavy (non-hydrogen) atoms. The molecule has 2 heterocycles. The van der Waals surface area contributed by atoms with E-state index < -0.39 is 0 Å². The van der Waals surface area contributed by atoms with Gasteiger partial charge in [-0.3, -0.25) is 4.79 Å². The number of aromatic nitrogens is 4. The van der Waals surface area contributed by atoms with Crippen LogP contribution in [0.15, 0.2) is 65.1 Å². The zero-order valence-corrected chi connectivity index (χ0v) is 15.6. The Labute approximate surface area is 162 Å². The van der Waals surface area contributed by atoms with Crippen molar-refractivity contribution >= 4 is 11.6 Å². The third kappa shape index (κ3) is 3.83. The van der Waals surface area contributed by atoms with Crippen LogP contribution in [-0.4, -0.2) is 26.1 Å². The number of benzene rings is 2. The number of furan rings is 1. The van der Waals surface area contributed by atoms with Crippen LogP contribution < -0.4 is 5.32 Å². The second kappa shape index (κ2) is 7.48. The van der Waals surface area contributed by atoms with E-state index in [-0.39, 0.29) is 12.5 Å². The fourth-order valence-electron chi connectivity index (χ4n) is 2.83. The summed E-state index contributed by atoms with van der Waals surface area (Å²) in [7, 11) is 0. The first-order valence-corrected chi connectivity index (χ1v) is 8.89. The second-order valence-corrected chi connectivity index (χ2v) is 6.51. The van der Waals surface area contributed by atoms with Gasteiger partial charge in [-0.1, -0.05) is 42.0 Å². The Morgan fingerprint density at radius 1 is 1.04 bits per heavy atom. The predicted octanol–water partition coefficient (Wildman–Crippen LogP) is 3.86. The van der Waals surface area contributed by atoms with Crippen LogP contribution in [0.2, 0.25) is 0 Å². The van der Waals surface area contributed by atoms with E-state index in [9.17, 15) is 4.79 Å². The molecular formula is C21H19N5O2. The van der Waals surface area contributed by atoms with Gasteiger partial charge in [-0.15, -0.1) is 10.2 Å². The van der Waals surface area contributed by atoms with Crippen LogP contribution in [-0.2, 0) is 11.3 Å². The van der Waals surface area contributed by atoms with Gasteiger partial charge in [0, 0.05) is 11.1 Å². The summed E-state index contributed by atoms with van der Waals surface area (Å²) >= 11 is 0. The lowest BCUT2D eigenvalue weighted by Crippen LogP contribution is -2.20. The molecule has 2 aromatic heterocycles. The van der Waals surface area contributed by atoms with E-state index in [1.54, 1.807) is 0 Å². The maximum atomic E-state index is 12.5. The molecule has 7 nitrogen and oxygen atoms in total. The molecule has 2 aromatic carbocycles. The number of hydrogen-bond donors (Lipinski definition) is 1. The highest BCUT2D eigenvalue weighted by atomic mass is 16.3. The van der Waals surface area contributed by atoms with Crippen LogP contribution in [0.3, 0.4) is 0 Å². The molecular weight excluding hydrogens is 354 g/mol. The van der Waals surface area contributed by atoms with Gasteiger partial charge >= 0.3 is 0 Å². The van der Waals surface area contributed by atoms with Crippen molar-refractivity contribution in [3.05, 3.63) is 72.0 Å². The van der Waals surface area contributed by atoms with E-state index in [1.165, 1.54) is 4.80 Å². The molecule has 4 rings (SSSR count). The largest absolute Gasteiger partial charge is 0.461 e. The number of para-hydroxylation sites is 1. The van der Waals surface area contributed by atoms with Crippen LogP contribution in [0, 0.1) is 13.8 Å². The number of nitrogens with one attached hydrogen (secondary N) is 1. The maximum absolute atomic E-state index is 12.5. The summed E-state index contributed by atoms with van der Waals surface area (Å²) < 4.78 is 5.68. The zero-order valence-electron chi connectivity index (χ0n) is 15.6. The van der Waals surface area contributed by atoms with E-state index in [2.05, 4.69) is 20.7 Å². The summed E-state index contributed by atoms with van der Waals surface area (Å²) in [5, 5.41) is 15.2. The van der Waals surface area contributed by atoms with E-state index in [1.807, 2.05) is 74.5 Å². The molecule has 0 saturated carbocycles. The number of amides is 1. The Bertz CT molecular complexity index is 1110. The highest BCUT2D eigenvalue weighted by molar-refractivity contribution is 5.94. The highest BCUT2D eigenvalue weighted by Crippen LogP contribution is 2.29. The normalized spacial score (nSPS) is 10.8. The molecule has 4 aromatic rings. The van der Waals surface area contributed by atoms with Crippen LogP contribution >= 0.6 is 0 Å². The lowest BCUT2D eigenvalue weighted by Gasteiger charge is -2.09. The van der Waals surface area contributed by atoms with Gasteiger partial charge in [-0.2, -0.15) is 4.80 Å². The standard InChI is InChI=1S/C21H19N5O2/c1-14-7-10-16(11-8-14)21-23-25-26(24-21)13-20(27)22-18-6-4-3-5-17(18)19-12-9-15(2)28-19/h3-12H,13H2,1-2H3,(H,22,27). The third-order valence-electron chi connectivity index (χ3n) is 4.25. The molecule has 1 N–H and O–H groups in total. The highest BCUT2D eigenvalue weighted by Gasteiger charge is 2.13. The van der Waals surface area contributed by atoms with Gasteiger partial charge in [-0.25, -0.2) is 0 Å². The average molecular weight is 373 g/mol. The molecule has 1 amide bonds. The summed E-state index contributed by atoms with van der Waals surface area (Å²) in [4.78, 5) is 13.8. The van der Waals surface area contributed by atoms with E-state index in [0.29, 0.717) is 17.3 Å². The number of rotatable bonds is 5. The molecule has 0 fully saturated rings. The van der Waals surface area contributed by atoms with Gasteiger partial charge in [0.1, 0.15) is 18.1 Å². The molecule has 0 aliphatic rings. The smallest absolute Gasteiger partial charge is 0.248 e. The van der Waals surface area contributed by atoms with E-state index in [4.69, 9.17) is 4.42 Å². The van der Waals surface area contributed by atoms with Gasteiger partial charge in [0.2, 0.25) is 11.7 Å². The van der Waals surface area contributed by atoms with Crippen LogP contribution in [0.4, 0.5) is 5.69 Å². The van der Waals surface area contributed by atoms with Gasteiger partial charge in [0.05, 0.1) is 5.69 Å². The number of tetrazole rings is 1. The Morgan fingerprint density at radius 3 is 2.57 bits per heavy atom. The van der Waals surface area contributed by atoms with Crippen LogP contribution in [0.5, 0.6) is 0 Å². The van der Waals surface area contributed by atoms with Crippen molar-refractivity contribution in [3.63, 3.8) is 0 Å². The Morgan fingerprint density at radius 2 is 1.82 bits per heavy atom. The Kier molecular flexibility index (Phi) is 4.72. The molecule has 0 spiro atoms. The number of carbonyl (C=O) groups excluding carboxylic acids is 1. The monoisotopic (exact) mass is 373 g/mol. The number of anilines is 1. The molecule has 7 heteroatoms. The lowest BCUT2D eigenvalue weighted by atomic mass is 10.1. The van der Waals surface area contributed by atoms with Crippen molar-refractivity contribution in [2.45, 2.75) is 20.4 Å². The van der Waals surface area contributed by atoms with Crippen molar-refractivity contribution in [3.8, 4) is 22.7 Å². The van der Waals surface area contributed by atoms with Gasteiger partial charge < -0.3 is 9.73 Å². The maximum Gasteiger partial charge on any atom is 0.248 e. The lowest BCUT2D eigenvalue weighted by molar-refractivity contribution is -0.117. The molecule has 0 saturated heterocycles. The minimum atomic E-state index is -0.247. The van der Waals surface area contributed by atoms with Gasteiger partial charge in [-0.05, 0) is 43.3 Å². The van der Waals surface area contributed by atoms with Crippen LogP contribution in [0.1, 0.15) is 11.3 Å². The first-order chi connectivity index (χ1) is 13.6. The summed E-state index contributed by atoms with van der Waals surface area (Å²) in [6.07, 6.45) is 0. The fraction of sp³-hybridized carbons (Fsp3) is 0.143. The summed E-state index contributed by atoms with van der Waals surface area (Å²) in [6, 6.07) is 19.1.